The zero-order valence-corrected chi connectivity index (χ0v) is 15.2. The maximum Gasteiger partial charge on any atom is 0.346 e. The van der Waals surface area contributed by atoms with Gasteiger partial charge in [-0.1, -0.05) is 35.5 Å². The minimum Gasteiger partial charge on any atom is -0.322 e. The van der Waals surface area contributed by atoms with Crippen LogP contribution in [0.5, 0.6) is 0 Å². The molecule has 1 saturated heterocycles. The highest BCUT2D eigenvalue weighted by Crippen LogP contribution is 2.27. The smallest absolute Gasteiger partial charge is 0.322 e. The topological polar surface area (TPSA) is 35.9 Å². The Hall–Kier alpha value is -2.05. The average Bonchev–Trinajstić information content (AvgIpc) is 3.03. The van der Waals surface area contributed by atoms with E-state index < -0.39 is 0 Å². The van der Waals surface area contributed by atoms with Crippen LogP contribution in [0.25, 0.3) is 0 Å². The molecule has 1 heterocycles. The first kappa shape index (κ1) is 17.8. The number of aliphatic imine (C=N–C) groups is 1. The number of rotatable bonds is 3. The molecule has 1 fully saturated rings. The monoisotopic (exact) mass is 377 g/mol. The van der Waals surface area contributed by atoms with Gasteiger partial charge in [0.05, 0.1) is 0 Å². The molecule has 7 heteroatoms. The number of amidine groups is 1. The maximum atomic E-state index is 13.3. The highest BCUT2D eigenvalue weighted by atomic mass is 35.5. The minimum absolute atomic E-state index is 0.305. The fourth-order valence-corrected chi connectivity index (χ4v) is 3.58. The Morgan fingerprint density at radius 2 is 2.08 bits per heavy atom. The summed E-state index contributed by atoms with van der Waals surface area (Å²) in [6.45, 7) is 1.09. The van der Waals surface area contributed by atoms with Crippen LogP contribution in [-0.2, 0) is 6.54 Å². The van der Waals surface area contributed by atoms with Gasteiger partial charge >= 0.3 is 6.03 Å². The van der Waals surface area contributed by atoms with Gasteiger partial charge < -0.3 is 9.80 Å². The molecule has 25 heavy (non-hydrogen) atoms. The molecular weight excluding hydrogens is 361 g/mol. The van der Waals surface area contributed by atoms with Crippen LogP contribution in [-0.4, -0.2) is 35.4 Å². The molecule has 0 unspecified atom stereocenters. The number of anilines is 1. The van der Waals surface area contributed by atoms with Crippen LogP contribution in [0.15, 0.2) is 53.5 Å². The first-order chi connectivity index (χ1) is 12.0. The van der Waals surface area contributed by atoms with Crippen molar-refractivity contribution in [1.82, 2.24) is 4.90 Å². The number of halogens is 2. The van der Waals surface area contributed by atoms with Crippen molar-refractivity contribution in [3.05, 3.63) is 64.9 Å². The van der Waals surface area contributed by atoms with Gasteiger partial charge in [0, 0.05) is 36.6 Å². The predicted octanol–water partition coefficient (Wildman–Crippen LogP) is 4.64. The second-order valence-electron chi connectivity index (χ2n) is 5.64. The Morgan fingerprint density at radius 3 is 2.80 bits per heavy atom. The first-order valence-corrected chi connectivity index (χ1v) is 9.13. The molecule has 0 aliphatic carbocycles. The molecule has 1 aliphatic rings. The van der Waals surface area contributed by atoms with E-state index in [4.69, 9.17) is 11.6 Å². The van der Waals surface area contributed by atoms with E-state index in [0.717, 1.165) is 23.5 Å². The van der Waals surface area contributed by atoms with Crippen LogP contribution >= 0.6 is 23.4 Å². The molecule has 0 bridgehead atoms. The second kappa shape index (κ2) is 7.89. The van der Waals surface area contributed by atoms with E-state index in [1.54, 1.807) is 19.2 Å². The Balaban J connectivity index is 1.71. The number of urea groups is 1. The van der Waals surface area contributed by atoms with Crippen molar-refractivity contribution >= 4 is 40.2 Å². The molecular formula is C18H17ClFN3OS. The summed E-state index contributed by atoms with van der Waals surface area (Å²) >= 11 is 7.47. The Morgan fingerprint density at radius 1 is 1.32 bits per heavy atom. The molecule has 0 N–H and O–H groups in total. The van der Waals surface area contributed by atoms with Gasteiger partial charge in [0.1, 0.15) is 5.82 Å². The fourth-order valence-electron chi connectivity index (χ4n) is 2.50. The van der Waals surface area contributed by atoms with E-state index in [9.17, 15) is 9.18 Å². The zero-order valence-electron chi connectivity index (χ0n) is 13.7. The summed E-state index contributed by atoms with van der Waals surface area (Å²) < 4.78 is 13.3. The number of amides is 2. The van der Waals surface area contributed by atoms with E-state index in [1.165, 1.54) is 28.8 Å². The number of thioether (sulfide) groups is 1. The van der Waals surface area contributed by atoms with Gasteiger partial charge in [-0.05, 0) is 42.0 Å². The van der Waals surface area contributed by atoms with Gasteiger partial charge in [-0.2, -0.15) is 4.99 Å². The number of hydrogen-bond acceptors (Lipinski definition) is 2. The van der Waals surface area contributed by atoms with Crippen molar-refractivity contribution in [2.75, 3.05) is 24.2 Å². The lowest BCUT2D eigenvalue weighted by Gasteiger charge is -2.19. The zero-order chi connectivity index (χ0) is 17.8. The number of carbonyl (C=O) groups excluding carboxylic acids is 1. The fraction of sp³-hybridized carbons (Fsp3) is 0.222. The maximum absolute atomic E-state index is 13.3. The molecule has 0 aromatic heterocycles. The number of hydrogen-bond donors (Lipinski definition) is 0. The van der Waals surface area contributed by atoms with E-state index in [1.807, 2.05) is 29.2 Å². The molecule has 2 aromatic rings. The van der Waals surface area contributed by atoms with Gasteiger partial charge in [0.25, 0.3) is 0 Å². The van der Waals surface area contributed by atoms with Gasteiger partial charge in [-0.25, -0.2) is 9.18 Å². The quantitative estimate of drug-likeness (QED) is 0.781. The molecule has 0 atom stereocenters. The Bertz CT molecular complexity index is 797. The Kier molecular flexibility index (Phi) is 5.60. The van der Waals surface area contributed by atoms with Gasteiger partial charge in [0.2, 0.25) is 0 Å². The first-order valence-electron chi connectivity index (χ1n) is 7.77. The van der Waals surface area contributed by atoms with Crippen LogP contribution in [0.1, 0.15) is 5.56 Å². The van der Waals surface area contributed by atoms with Gasteiger partial charge in [-0.15, -0.1) is 0 Å². The van der Waals surface area contributed by atoms with Gasteiger partial charge in [0.15, 0.2) is 5.17 Å². The van der Waals surface area contributed by atoms with Crippen LogP contribution in [0.3, 0.4) is 0 Å². The number of carbonyl (C=O) groups is 1. The molecule has 2 aromatic carbocycles. The van der Waals surface area contributed by atoms with E-state index in [-0.39, 0.29) is 11.8 Å². The van der Waals surface area contributed by atoms with Crippen LogP contribution in [0, 0.1) is 5.82 Å². The Labute approximate surface area is 155 Å². The van der Waals surface area contributed by atoms with Gasteiger partial charge in [-0.3, -0.25) is 0 Å². The molecule has 3 rings (SSSR count). The average molecular weight is 378 g/mol. The molecule has 2 amide bonds. The molecule has 0 radical (unpaired) electrons. The summed E-state index contributed by atoms with van der Waals surface area (Å²) in [6.07, 6.45) is 0. The second-order valence-corrected chi connectivity index (χ2v) is 7.14. The SMILES string of the molecule is CN(Cc1cccc(F)c1)C(=O)/N=C1\SCCN1c1ccc(Cl)cc1. The van der Waals surface area contributed by atoms with E-state index in [0.29, 0.717) is 16.7 Å². The van der Waals surface area contributed by atoms with Crippen molar-refractivity contribution in [1.29, 1.82) is 0 Å². The van der Waals surface area contributed by atoms with Crippen LogP contribution in [0.2, 0.25) is 5.02 Å². The highest BCUT2D eigenvalue weighted by Gasteiger charge is 2.23. The van der Waals surface area contributed by atoms with Crippen molar-refractivity contribution in [3.63, 3.8) is 0 Å². The summed E-state index contributed by atoms with van der Waals surface area (Å²) in [6, 6.07) is 13.3. The summed E-state index contributed by atoms with van der Waals surface area (Å²) in [5.41, 5.74) is 1.68. The lowest BCUT2D eigenvalue weighted by atomic mass is 10.2. The minimum atomic E-state index is -0.354. The van der Waals surface area contributed by atoms with Crippen molar-refractivity contribution in [3.8, 4) is 0 Å². The summed E-state index contributed by atoms with van der Waals surface area (Å²) in [5.74, 6) is 0.549. The number of nitrogens with zero attached hydrogens (tertiary/aromatic N) is 3. The van der Waals surface area contributed by atoms with Crippen LogP contribution < -0.4 is 4.90 Å². The predicted molar refractivity (Wildman–Crippen MR) is 102 cm³/mol. The lowest BCUT2D eigenvalue weighted by molar-refractivity contribution is 0.217. The van der Waals surface area contributed by atoms with E-state index >= 15 is 0 Å². The normalized spacial score (nSPS) is 15.6. The third-order valence-corrected chi connectivity index (χ3v) is 4.95. The standard InChI is InChI=1S/C18H17ClFN3OS/c1-22(12-13-3-2-4-15(20)11-13)17(24)21-18-23(9-10-25-18)16-7-5-14(19)6-8-16/h2-8,11H,9-10,12H2,1H3/b21-18-. The van der Waals surface area contributed by atoms with Crippen LogP contribution in [0.4, 0.5) is 14.9 Å². The summed E-state index contributed by atoms with van der Waals surface area (Å²) in [5, 5.41) is 1.33. The highest BCUT2D eigenvalue weighted by molar-refractivity contribution is 8.14. The summed E-state index contributed by atoms with van der Waals surface area (Å²) in [4.78, 5) is 20.1. The molecule has 4 nitrogen and oxygen atoms in total. The third-order valence-electron chi connectivity index (χ3n) is 3.74. The van der Waals surface area contributed by atoms with Crippen molar-refractivity contribution in [2.45, 2.75) is 6.54 Å². The largest absolute Gasteiger partial charge is 0.346 e. The number of benzene rings is 2. The van der Waals surface area contributed by atoms with Crippen molar-refractivity contribution in [2.24, 2.45) is 4.99 Å². The lowest BCUT2D eigenvalue weighted by Crippen LogP contribution is -2.28. The molecule has 130 valence electrons. The third kappa shape index (κ3) is 4.52. The molecule has 0 spiro atoms. The molecule has 0 saturated carbocycles. The van der Waals surface area contributed by atoms with Crippen molar-refractivity contribution < 1.29 is 9.18 Å². The van der Waals surface area contributed by atoms with E-state index in [2.05, 4.69) is 4.99 Å². The summed E-state index contributed by atoms with van der Waals surface area (Å²) in [7, 11) is 1.66. The molecule has 1 aliphatic heterocycles.